The van der Waals surface area contributed by atoms with Gasteiger partial charge in [-0.3, -0.25) is 4.79 Å². The summed E-state index contributed by atoms with van der Waals surface area (Å²) in [4.78, 5) is 12.1. The largest absolute Gasteiger partial charge is 0.494 e. The lowest BCUT2D eigenvalue weighted by Crippen LogP contribution is -2.11. The molecule has 0 unspecified atom stereocenters. The first kappa shape index (κ1) is 14.6. The minimum Gasteiger partial charge on any atom is -0.494 e. The van der Waals surface area contributed by atoms with E-state index in [1.165, 1.54) is 0 Å². The van der Waals surface area contributed by atoms with Crippen LogP contribution in [0.3, 0.4) is 0 Å². The van der Waals surface area contributed by atoms with Gasteiger partial charge in [0.15, 0.2) is 0 Å². The Morgan fingerprint density at radius 3 is 2.65 bits per heavy atom. The Kier molecular flexibility index (Phi) is 5.18. The average molecular weight is 334 g/mol. The van der Waals surface area contributed by atoms with Crippen molar-refractivity contribution in [2.24, 2.45) is 0 Å². The fourth-order valence-electron chi connectivity index (χ4n) is 1.69. The molecular formula is C16H16BrNO2. The summed E-state index contributed by atoms with van der Waals surface area (Å²) in [5.41, 5.74) is 1.35. The van der Waals surface area contributed by atoms with Gasteiger partial charge in [0, 0.05) is 21.8 Å². The fourth-order valence-corrected chi connectivity index (χ4v) is 1.95. The molecule has 2 aromatic rings. The number of benzene rings is 2. The minimum absolute atomic E-state index is 0.134. The van der Waals surface area contributed by atoms with Gasteiger partial charge in [0.25, 0.3) is 5.91 Å². The zero-order valence-electron chi connectivity index (χ0n) is 11.2. The van der Waals surface area contributed by atoms with E-state index in [0.29, 0.717) is 12.2 Å². The molecule has 0 fully saturated rings. The lowest BCUT2D eigenvalue weighted by atomic mass is 10.2. The maximum atomic E-state index is 12.1. The quantitative estimate of drug-likeness (QED) is 0.875. The number of ether oxygens (including phenoxy) is 1. The molecule has 0 aliphatic heterocycles. The summed E-state index contributed by atoms with van der Waals surface area (Å²) in [6.45, 7) is 2.73. The molecule has 0 saturated carbocycles. The van der Waals surface area contributed by atoms with Crippen LogP contribution in [-0.2, 0) is 0 Å². The van der Waals surface area contributed by atoms with Gasteiger partial charge in [0.2, 0.25) is 0 Å². The summed E-state index contributed by atoms with van der Waals surface area (Å²) < 4.78 is 6.49. The Morgan fingerprint density at radius 1 is 1.20 bits per heavy atom. The molecule has 0 bridgehead atoms. The van der Waals surface area contributed by atoms with E-state index in [1.54, 1.807) is 12.1 Å². The van der Waals surface area contributed by atoms with Gasteiger partial charge in [0.1, 0.15) is 5.75 Å². The Balaban J connectivity index is 2.05. The SMILES string of the molecule is CCCOc1cccc(NC(=O)c2ccc(Br)cc2)c1. The van der Waals surface area contributed by atoms with Crippen LogP contribution in [0.15, 0.2) is 53.0 Å². The predicted octanol–water partition coefficient (Wildman–Crippen LogP) is 4.49. The third-order valence-electron chi connectivity index (χ3n) is 2.67. The van der Waals surface area contributed by atoms with Crippen LogP contribution in [0.2, 0.25) is 0 Å². The minimum atomic E-state index is -0.134. The van der Waals surface area contributed by atoms with Gasteiger partial charge in [-0.2, -0.15) is 0 Å². The number of hydrogen-bond donors (Lipinski definition) is 1. The molecule has 1 amide bonds. The maximum Gasteiger partial charge on any atom is 0.255 e. The molecule has 2 aromatic carbocycles. The first-order valence-corrected chi connectivity index (χ1v) is 7.28. The van der Waals surface area contributed by atoms with Crippen molar-refractivity contribution in [2.75, 3.05) is 11.9 Å². The van der Waals surface area contributed by atoms with Crippen molar-refractivity contribution in [1.82, 2.24) is 0 Å². The van der Waals surface area contributed by atoms with E-state index in [4.69, 9.17) is 4.74 Å². The lowest BCUT2D eigenvalue weighted by molar-refractivity contribution is 0.102. The number of rotatable bonds is 5. The van der Waals surface area contributed by atoms with Crippen LogP contribution < -0.4 is 10.1 Å². The average Bonchev–Trinajstić information content (AvgIpc) is 2.46. The number of hydrogen-bond acceptors (Lipinski definition) is 2. The van der Waals surface area contributed by atoms with Crippen molar-refractivity contribution in [3.05, 3.63) is 58.6 Å². The number of carbonyl (C=O) groups is 1. The summed E-state index contributed by atoms with van der Waals surface area (Å²) in [5.74, 6) is 0.630. The third-order valence-corrected chi connectivity index (χ3v) is 3.20. The molecule has 2 rings (SSSR count). The number of amides is 1. The van der Waals surface area contributed by atoms with Gasteiger partial charge >= 0.3 is 0 Å². The van der Waals surface area contributed by atoms with Gasteiger partial charge in [0.05, 0.1) is 6.61 Å². The summed E-state index contributed by atoms with van der Waals surface area (Å²) in [6.07, 6.45) is 0.954. The van der Waals surface area contributed by atoms with Gasteiger partial charge in [-0.25, -0.2) is 0 Å². The molecule has 0 atom stereocenters. The fraction of sp³-hybridized carbons (Fsp3) is 0.188. The number of halogens is 1. The normalized spacial score (nSPS) is 10.1. The molecule has 0 aliphatic rings. The monoisotopic (exact) mass is 333 g/mol. The van der Waals surface area contributed by atoms with E-state index >= 15 is 0 Å². The molecule has 0 aliphatic carbocycles. The second kappa shape index (κ2) is 7.10. The van der Waals surface area contributed by atoms with Gasteiger partial charge in [-0.15, -0.1) is 0 Å². The summed E-state index contributed by atoms with van der Waals surface area (Å²) in [7, 11) is 0. The van der Waals surface area contributed by atoms with Crippen molar-refractivity contribution in [2.45, 2.75) is 13.3 Å². The highest BCUT2D eigenvalue weighted by molar-refractivity contribution is 9.10. The number of carbonyl (C=O) groups excluding carboxylic acids is 1. The van der Waals surface area contributed by atoms with Gasteiger partial charge < -0.3 is 10.1 Å². The van der Waals surface area contributed by atoms with Gasteiger partial charge in [-0.05, 0) is 42.8 Å². The summed E-state index contributed by atoms with van der Waals surface area (Å²) in [5, 5.41) is 2.86. The molecular weight excluding hydrogens is 318 g/mol. The van der Waals surface area contributed by atoms with Crippen molar-refractivity contribution < 1.29 is 9.53 Å². The lowest BCUT2D eigenvalue weighted by Gasteiger charge is -2.08. The van der Waals surface area contributed by atoms with Crippen molar-refractivity contribution in [3.63, 3.8) is 0 Å². The van der Waals surface area contributed by atoms with Crippen LogP contribution >= 0.6 is 15.9 Å². The van der Waals surface area contributed by atoms with Crippen molar-refractivity contribution in [3.8, 4) is 5.75 Å². The Hall–Kier alpha value is -1.81. The zero-order valence-corrected chi connectivity index (χ0v) is 12.8. The summed E-state index contributed by atoms with van der Waals surface area (Å²) >= 11 is 3.35. The third kappa shape index (κ3) is 4.10. The molecule has 20 heavy (non-hydrogen) atoms. The highest BCUT2D eigenvalue weighted by atomic mass is 79.9. The van der Waals surface area contributed by atoms with Crippen LogP contribution in [0.25, 0.3) is 0 Å². The van der Waals surface area contributed by atoms with E-state index < -0.39 is 0 Å². The van der Waals surface area contributed by atoms with Crippen LogP contribution in [0.5, 0.6) is 5.75 Å². The number of anilines is 1. The first-order valence-electron chi connectivity index (χ1n) is 6.49. The number of nitrogens with one attached hydrogen (secondary N) is 1. The molecule has 0 heterocycles. The van der Waals surface area contributed by atoms with Crippen molar-refractivity contribution >= 4 is 27.5 Å². The van der Waals surface area contributed by atoms with Crippen LogP contribution in [0.1, 0.15) is 23.7 Å². The summed E-state index contributed by atoms with van der Waals surface area (Å²) in [6, 6.07) is 14.6. The molecule has 3 nitrogen and oxygen atoms in total. The van der Waals surface area contributed by atoms with E-state index in [0.717, 1.165) is 22.3 Å². The molecule has 0 aromatic heterocycles. The van der Waals surface area contributed by atoms with E-state index in [2.05, 4.69) is 28.2 Å². The van der Waals surface area contributed by atoms with E-state index in [-0.39, 0.29) is 5.91 Å². The van der Waals surface area contributed by atoms with E-state index in [1.807, 2.05) is 36.4 Å². The first-order chi connectivity index (χ1) is 9.69. The van der Waals surface area contributed by atoms with Crippen LogP contribution in [0.4, 0.5) is 5.69 Å². The molecule has 0 saturated heterocycles. The molecule has 104 valence electrons. The van der Waals surface area contributed by atoms with Gasteiger partial charge in [-0.1, -0.05) is 28.9 Å². The highest BCUT2D eigenvalue weighted by Gasteiger charge is 2.06. The second-order valence-electron chi connectivity index (χ2n) is 4.34. The Labute approximate surface area is 127 Å². The highest BCUT2D eigenvalue weighted by Crippen LogP contribution is 2.19. The standard InChI is InChI=1S/C16H16BrNO2/c1-2-10-20-15-5-3-4-14(11-15)18-16(19)12-6-8-13(17)9-7-12/h3-9,11H,2,10H2,1H3,(H,18,19). The Morgan fingerprint density at radius 2 is 1.95 bits per heavy atom. The van der Waals surface area contributed by atoms with Crippen LogP contribution in [0, 0.1) is 0 Å². The van der Waals surface area contributed by atoms with Crippen molar-refractivity contribution in [1.29, 1.82) is 0 Å². The smallest absolute Gasteiger partial charge is 0.255 e. The predicted molar refractivity (Wildman–Crippen MR) is 84.3 cm³/mol. The van der Waals surface area contributed by atoms with E-state index in [9.17, 15) is 4.79 Å². The second-order valence-corrected chi connectivity index (χ2v) is 5.25. The zero-order chi connectivity index (χ0) is 14.4. The molecule has 1 N–H and O–H groups in total. The Bertz CT molecular complexity index is 581. The molecule has 0 radical (unpaired) electrons. The molecule has 0 spiro atoms. The van der Waals surface area contributed by atoms with Crippen LogP contribution in [-0.4, -0.2) is 12.5 Å². The maximum absolute atomic E-state index is 12.1. The topological polar surface area (TPSA) is 38.3 Å². The molecule has 4 heteroatoms.